The van der Waals surface area contributed by atoms with Gasteiger partial charge in [-0.25, -0.2) is 0 Å². The SMILES string of the molecule is CCCCN(CCCC)C(=O)/C=C/C(=O)Nc1ccccc1. The quantitative estimate of drug-likeness (QED) is 0.708. The Labute approximate surface area is 133 Å². The molecule has 0 fully saturated rings. The van der Waals surface area contributed by atoms with E-state index in [1.165, 1.54) is 12.2 Å². The summed E-state index contributed by atoms with van der Waals surface area (Å²) < 4.78 is 0. The standard InChI is InChI=1S/C18H26N2O2/c1-3-5-14-20(15-6-4-2)18(22)13-12-17(21)19-16-10-8-7-9-11-16/h7-13H,3-6,14-15H2,1-2H3,(H,19,21)/b13-12+. The summed E-state index contributed by atoms with van der Waals surface area (Å²) in [4.78, 5) is 25.8. The molecule has 0 saturated heterocycles. The monoisotopic (exact) mass is 302 g/mol. The molecule has 0 aliphatic rings. The Bertz CT molecular complexity index is 475. The van der Waals surface area contributed by atoms with Gasteiger partial charge in [0, 0.05) is 30.9 Å². The first-order valence-electron chi connectivity index (χ1n) is 8.00. The van der Waals surface area contributed by atoms with E-state index in [9.17, 15) is 9.59 Å². The number of rotatable bonds is 9. The lowest BCUT2D eigenvalue weighted by molar-refractivity contribution is -0.126. The van der Waals surface area contributed by atoms with Gasteiger partial charge in [-0.15, -0.1) is 0 Å². The average Bonchev–Trinajstić information content (AvgIpc) is 2.54. The van der Waals surface area contributed by atoms with Crippen molar-refractivity contribution in [2.45, 2.75) is 39.5 Å². The maximum atomic E-state index is 12.2. The van der Waals surface area contributed by atoms with Gasteiger partial charge in [0.2, 0.25) is 11.8 Å². The highest BCUT2D eigenvalue weighted by molar-refractivity contribution is 6.03. The van der Waals surface area contributed by atoms with Crippen LogP contribution in [0.4, 0.5) is 5.69 Å². The van der Waals surface area contributed by atoms with Crippen LogP contribution in [0, 0.1) is 0 Å². The molecule has 1 aromatic carbocycles. The number of para-hydroxylation sites is 1. The summed E-state index contributed by atoms with van der Waals surface area (Å²) in [5.74, 6) is -0.379. The Balaban J connectivity index is 2.53. The maximum Gasteiger partial charge on any atom is 0.248 e. The molecule has 1 rings (SSSR count). The molecule has 0 unspecified atom stereocenters. The lowest BCUT2D eigenvalue weighted by Gasteiger charge is -2.20. The van der Waals surface area contributed by atoms with Crippen molar-refractivity contribution >= 4 is 17.5 Å². The molecular formula is C18H26N2O2. The van der Waals surface area contributed by atoms with Gasteiger partial charge in [0.25, 0.3) is 0 Å². The van der Waals surface area contributed by atoms with E-state index in [2.05, 4.69) is 19.2 Å². The Morgan fingerprint density at radius 3 is 2.14 bits per heavy atom. The molecule has 22 heavy (non-hydrogen) atoms. The molecule has 0 radical (unpaired) electrons. The van der Waals surface area contributed by atoms with Gasteiger partial charge in [-0.2, -0.15) is 0 Å². The molecule has 0 aromatic heterocycles. The number of amides is 2. The zero-order valence-electron chi connectivity index (χ0n) is 13.5. The third-order valence-electron chi connectivity index (χ3n) is 3.29. The summed E-state index contributed by atoms with van der Waals surface area (Å²) in [6, 6.07) is 9.20. The van der Waals surface area contributed by atoms with E-state index in [1.54, 1.807) is 0 Å². The number of hydrogen-bond acceptors (Lipinski definition) is 2. The lowest BCUT2D eigenvalue weighted by Crippen LogP contribution is -2.31. The van der Waals surface area contributed by atoms with Crippen LogP contribution in [0.25, 0.3) is 0 Å². The molecule has 0 saturated carbocycles. The van der Waals surface area contributed by atoms with Crippen LogP contribution < -0.4 is 5.32 Å². The number of nitrogens with one attached hydrogen (secondary N) is 1. The van der Waals surface area contributed by atoms with Crippen molar-refractivity contribution in [3.05, 3.63) is 42.5 Å². The molecule has 0 bridgehead atoms. The first-order valence-corrected chi connectivity index (χ1v) is 8.00. The second kappa shape index (κ2) is 10.6. The van der Waals surface area contributed by atoms with E-state index >= 15 is 0 Å². The van der Waals surface area contributed by atoms with Gasteiger partial charge in [-0.05, 0) is 25.0 Å². The Kier molecular flexibility index (Phi) is 8.65. The van der Waals surface area contributed by atoms with E-state index in [1.807, 2.05) is 35.2 Å². The van der Waals surface area contributed by atoms with Gasteiger partial charge in [-0.3, -0.25) is 9.59 Å². The highest BCUT2D eigenvalue weighted by atomic mass is 16.2. The molecular weight excluding hydrogens is 276 g/mol. The Morgan fingerprint density at radius 2 is 1.59 bits per heavy atom. The van der Waals surface area contributed by atoms with Crippen LogP contribution in [-0.4, -0.2) is 29.8 Å². The van der Waals surface area contributed by atoms with Gasteiger partial charge in [0.05, 0.1) is 0 Å². The first kappa shape index (κ1) is 18.0. The second-order valence-corrected chi connectivity index (χ2v) is 5.22. The largest absolute Gasteiger partial charge is 0.339 e. The topological polar surface area (TPSA) is 49.4 Å². The average molecular weight is 302 g/mol. The number of unbranched alkanes of at least 4 members (excludes halogenated alkanes) is 2. The summed E-state index contributed by atoms with van der Waals surface area (Å²) in [5, 5.41) is 2.73. The Hall–Kier alpha value is -2.10. The summed E-state index contributed by atoms with van der Waals surface area (Å²) >= 11 is 0. The van der Waals surface area contributed by atoms with Crippen LogP contribution in [0.5, 0.6) is 0 Å². The van der Waals surface area contributed by atoms with Crippen LogP contribution in [0.2, 0.25) is 0 Å². The molecule has 4 nitrogen and oxygen atoms in total. The van der Waals surface area contributed by atoms with Gasteiger partial charge in [-0.1, -0.05) is 44.9 Å². The molecule has 0 atom stereocenters. The number of carbonyl (C=O) groups excluding carboxylic acids is 2. The van der Waals surface area contributed by atoms with Crippen molar-refractivity contribution in [2.75, 3.05) is 18.4 Å². The zero-order valence-corrected chi connectivity index (χ0v) is 13.5. The van der Waals surface area contributed by atoms with E-state index in [0.29, 0.717) is 0 Å². The second-order valence-electron chi connectivity index (χ2n) is 5.22. The predicted octanol–water partition coefficient (Wildman–Crippen LogP) is 3.61. The van der Waals surface area contributed by atoms with Crippen molar-refractivity contribution in [1.29, 1.82) is 0 Å². The number of anilines is 1. The highest BCUT2D eigenvalue weighted by Gasteiger charge is 2.09. The molecule has 1 N–H and O–H groups in total. The fraction of sp³-hybridized carbons (Fsp3) is 0.444. The third kappa shape index (κ3) is 7.07. The fourth-order valence-electron chi connectivity index (χ4n) is 1.99. The first-order chi connectivity index (χ1) is 10.7. The fourth-order valence-corrected chi connectivity index (χ4v) is 1.99. The number of carbonyl (C=O) groups is 2. The molecule has 120 valence electrons. The molecule has 0 spiro atoms. The summed E-state index contributed by atoms with van der Waals surface area (Å²) in [7, 11) is 0. The van der Waals surface area contributed by atoms with E-state index in [4.69, 9.17) is 0 Å². The number of nitrogens with zero attached hydrogens (tertiary/aromatic N) is 1. The van der Waals surface area contributed by atoms with Crippen LogP contribution >= 0.6 is 0 Å². The normalized spacial score (nSPS) is 10.6. The summed E-state index contributed by atoms with van der Waals surface area (Å²) in [5.41, 5.74) is 0.721. The van der Waals surface area contributed by atoms with E-state index < -0.39 is 0 Å². The van der Waals surface area contributed by atoms with Crippen molar-refractivity contribution < 1.29 is 9.59 Å². The smallest absolute Gasteiger partial charge is 0.248 e. The van der Waals surface area contributed by atoms with Crippen LogP contribution in [0.3, 0.4) is 0 Å². The van der Waals surface area contributed by atoms with Crippen LogP contribution in [0.1, 0.15) is 39.5 Å². The molecule has 0 aliphatic heterocycles. The van der Waals surface area contributed by atoms with Crippen molar-refractivity contribution in [2.24, 2.45) is 0 Å². The van der Waals surface area contributed by atoms with Gasteiger partial charge >= 0.3 is 0 Å². The van der Waals surface area contributed by atoms with Gasteiger partial charge in [0.15, 0.2) is 0 Å². The Morgan fingerprint density at radius 1 is 1.00 bits per heavy atom. The molecule has 4 heteroatoms. The molecule has 0 aliphatic carbocycles. The van der Waals surface area contributed by atoms with Crippen molar-refractivity contribution in [1.82, 2.24) is 4.90 Å². The minimum absolute atomic E-state index is 0.0925. The summed E-state index contributed by atoms with van der Waals surface area (Å²) in [6.45, 7) is 5.71. The van der Waals surface area contributed by atoms with Gasteiger partial charge < -0.3 is 10.2 Å². The minimum Gasteiger partial charge on any atom is -0.339 e. The molecule has 2 amide bonds. The zero-order chi connectivity index (χ0) is 16.2. The summed E-state index contributed by atoms with van der Waals surface area (Å²) in [6.07, 6.45) is 6.74. The van der Waals surface area contributed by atoms with E-state index in [-0.39, 0.29) is 11.8 Å². The number of hydrogen-bond donors (Lipinski definition) is 1. The lowest BCUT2D eigenvalue weighted by atomic mass is 10.2. The van der Waals surface area contributed by atoms with Crippen LogP contribution in [0.15, 0.2) is 42.5 Å². The molecule has 0 heterocycles. The number of benzene rings is 1. The maximum absolute atomic E-state index is 12.2. The van der Waals surface area contributed by atoms with Gasteiger partial charge in [0.1, 0.15) is 0 Å². The van der Waals surface area contributed by atoms with Crippen molar-refractivity contribution in [3.63, 3.8) is 0 Å². The van der Waals surface area contributed by atoms with Crippen molar-refractivity contribution in [3.8, 4) is 0 Å². The molecule has 1 aromatic rings. The van der Waals surface area contributed by atoms with E-state index in [0.717, 1.165) is 44.5 Å². The predicted molar refractivity (Wildman–Crippen MR) is 90.6 cm³/mol. The highest BCUT2D eigenvalue weighted by Crippen LogP contribution is 2.05. The minimum atomic E-state index is -0.287. The third-order valence-corrected chi connectivity index (χ3v) is 3.29. The van der Waals surface area contributed by atoms with Crippen LogP contribution in [-0.2, 0) is 9.59 Å².